The second-order valence-electron chi connectivity index (χ2n) is 6.58. The number of rotatable bonds is 10. The Kier molecular flexibility index (Phi) is 7.81. The van der Waals surface area contributed by atoms with Gasteiger partial charge in [0.15, 0.2) is 11.5 Å². The fraction of sp³-hybridized carbons (Fsp3) is 0.292. The Morgan fingerprint density at radius 2 is 1.65 bits per heavy atom. The largest absolute Gasteiger partial charge is 0.490 e. The molecule has 7 heteroatoms. The van der Waals surface area contributed by atoms with Gasteiger partial charge in [-0.2, -0.15) is 0 Å². The Morgan fingerprint density at radius 1 is 0.935 bits per heavy atom. The summed E-state index contributed by atoms with van der Waals surface area (Å²) in [6, 6.07) is 11.0. The van der Waals surface area contributed by atoms with Crippen LogP contribution < -0.4 is 19.5 Å². The number of carbonyl (C=O) groups is 1. The molecule has 3 aromatic rings. The summed E-state index contributed by atoms with van der Waals surface area (Å²) in [6.07, 6.45) is 5.24. The van der Waals surface area contributed by atoms with Gasteiger partial charge in [-0.05, 0) is 56.7 Å². The van der Waals surface area contributed by atoms with Crippen molar-refractivity contribution in [3.8, 4) is 28.5 Å². The van der Waals surface area contributed by atoms with E-state index in [-0.39, 0.29) is 5.91 Å². The summed E-state index contributed by atoms with van der Waals surface area (Å²) in [7, 11) is 0. The first-order chi connectivity index (χ1) is 15.2. The fourth-order valence-corrected chi connectivity index (χ4v) is 3.02. The molecule has 2 aromatic heterocycles. The maximum atomic E-state index is 12.8. The molecule has 0 radical (unpaired) electrons. The Balaban J connectivity index is 1.73. The van der Waals surface area contributed by atoms with Gasteiger partial charge in [0.1, 0.15) is 0 Å². The standard InChI is InChI=1S/C24H27N3O4/c1-4-29-21-12-19(13-22(30-5-2)23(21)31-6-3)24(28)27-15-17-9-10-20(26-14-17)18-8-7-11-25-16-18/h7-14,16H,4-6,15H2,1-3H3,(H,27,28). The number of hydrogen-bond donors (Lipinski definition) is 1. The number of benzene rings is 1. The lowest BCUT2D eigenvalue weighted by Crippen LogP contribution is -2.23. The van der Waals surface area contributed by atoms with E-state index in [9.17, 15) is 4.79 Å². The molecule has 0 fully saturated rings. The number of amides is 1. The molecular weight excluding hydrogens is 394 g/mol. The number of pyridine rings is 2. The maximum Gasteiger partial charge on any atom is 0.251 e. The van der Waals surface area contributed by atoms with Crippen LogP contribution >= 0.6 is 0 Å². The van der Waals surface area contributed by atoms with Crippen LogP contribution in [0.5, 0.6) is 17.2 Å². The maximum absolute atomic E-state index is 12.8. The molecule has 1 N–H and O–H groups in total. The van der Waals surface area contributed by atoms with Crippen LogP contribution in [-0.2, 0) is 6.54 Å². The zero-order valence-electron chi connectivity index (χ0n) is 18.1. The Hall–Kier alpha value is -3.61. The first-order valence-electron chi connectivity index (χ1n) is 10.4. The monoisotopic (exact) mass is 421 g/mol. The molecule has 0 saturated carbocycles. The van der Waals surface area contributed by atoms with Crippen molar-refractivity contribution in [2.75, 3.05) is 19.8 Å². The van der Waals surface area contributed by atoms with Crippen molar-refractivity contribution < 1.29 is 19.0 Å². The van der Waals surface area contributed by atoms with Crippen molar-refractivity contribution in [1.82, 2.24) is 15.3 Å². The Labute approximate surface area is 182 Å². The highest BCUT2D eigenvalue weighted by Crippen LogP contribution is 2.39. The lowest BCUT2D eigenvalue weighted by Gasteiger charge is -2.17. The summed E-state index contributed by atoms with van der Waals surface area (Å²) in [5.74, 6) is 1.25. The highest BCUT2D eigenvalue weighted by Gasteiger charge is 2.18. The highest BCUT2D eigenvalue weighted by atomic mass is 16.5. The summed E-state index contributed by atoms with van der Waals surface area (Å²) in [4.78, 5) is 21.4. The van der Waals surface area contributed by atoms with E-state index >= 15 is 0 Å². The molecule has 31 heavy (non-hydrogen) atoms. The van der Waals surface area contributed by atoms with Gasteiger partial charge in [0.2, 0.25) is 5.75 Å². The van der Waals surface area contributed by atoms with Crippen LogP contribution in [0.2, 0.25) is 0 Å². The molecule has 0 aliphatic heterocycles. The minimum absolute atomic E-state index is 0.235. The molecule has 1 aromatic carbocycles. The zero-order chi connectivity index (χ0) is 22.1. The van der Waals surface area contributed by atoms with Gasteiger partial charge in [-0.15, -0.1) is 0 Å². The third-order valence-corrected chi connectivity index (χ3v) is 4.41. The molecule has 0 saturated heterocycles. The van der Waals surface area contributed by atoms with Crippen molar-refractivity contribution in [3.05, 3.63) is 66.1 Å². The van der Waals surface area contributed by atoms with Crippen LogP contribution in [0.25, 0.3) is 11.3 Å². The Morgan fingerprint density at radius 3 is 2.19 bits per heavy atom. The van der Waals surface area contributed by atoms with Crippen LogP contribution in [0.4, 0.5) is 0 Å². The topological polar surface area (TPSA) is 82.6 Å². The van der Waals surface area contributed by atoms with E-state index < -0.39 is 0 Å². The number of nitrogens with one attached hydrogen (secondary N) is 1. The van der Waals surface area contributed by atoms with Gasteiger partial charge >= 0.3 is 0 Å². The summed E-state index contributed by atoms with van der Waals surface area (Å²) < 4.78 is 17.1. The number of aromatic nitrogens is 2. The molecule has 7 nitrogen and oxygen atoms in total. The molecule has 1 amide bonds. The number of nitrogens with zero attached hydrogens (tertiary/aromatic N) is 2. The Bertz CT molecular complexity index is 964. The molecule has 0 atom stereocenters. The third-order valence-electron chi connectivity index (χ3n) is 4.41. The van der Waals surface area contributed by atoms with Crippen LogP contribution in [0.15, 0.2) is 55.0 Å². The van der Waals surface area contributed by atoms with E-state index in [0.29, 0.717) is 49.2 Å². The predicted octanol–water partition coefficient (Wildman–Crippen LogP) is 4.27. The lowest BCUT2D eigenvalue weighted by atomic mass is 10.1. The number of ether oxygens (including phenoxy) is 3. The van der Waals surface area contributed by atoms with Crippen molar-refractivity contribution >= 4 is 5.91 Å². The smallest absolute Gasteiger partial charge is 0.251 e. The van der Waals surface area contributed by atoms with E-state index in [1.165, 1.54) is 0 Å². The second-order valence-corrected chi connectivity index (χ2v) is 6.58. The SMILES string of the molecule is CCOc1cc(C(=O)NCc2ccc(-c3cccnc3)nc2)cc(OCC)c1OCC. The average Bonchev–Trinajstić information content (AvgIpc) is 2.80. The summed E-state index contributed by atoms with van der Waals surface area (Å²) in [6.45, 7) is 7.36. The molecular formula is C24H27N3O4. The van der Waals surface area contributed by atoms with Crippen molar-refractivity contribution in [2.24, 2.45) is 0 Å². The lowest BCUT2D eigenvalue weighted by molar-refractivity contribution is 0.0949. The van der Waals surface area contributed by atoms with Crippen LogP contribution in [0.1, 0.15) is 36.7 Å². The zero-order valence-corrected chi connectivity index (χ0v) is 18.1. The van der Waals surface area contributed by atoms with Crippen LogP contribution in [0.3, 0.4) is 0 Å². The van der Waals surface area contributed by atoms with Gasteiger partial charge in [-0.1, -0.05) is 6.07 Å². The predicted molar refractivity (Wildman–Crippen MR) is 119 cm³/mol. The van der Waals surface area contributed by atoms with Gasteiger partial charge in [0.05, 0.1) is 25.5 Å². The van der Waals surface area contributed by atoms with Crippen molar-refractivity contribution in [2.45, 2.75) is 27.3 Å². The van der Waals surface area contributed by atoms with Gasteiger partial charge in [0, 0.05) is 36.3 Å². The number of hydrogen-bond acceptors (Lipinski definition) is 6. The minimum Gasteiger partial charge on any atom is -0.490 e. The summed E-state index contributed by atoms with van der Waals surface area (Å²) >= 11 is 0. The summed E-state index contributed by atoms with van der Waals surface area (Å²) in [5.41, 5.74) is 3.11. The summed E-state index contributed by atoms with van der Waals surface area (Å²) in [5, 5.41) is 2.92. The van der Waals surface area contributed by atoms with E-state index in [1.54, 1.807) is 30.7 Å². The van der Waals surface area contributed by atoms with Gasteiger partial charge in [-0.3, -0.25) is 14.8 Å². The number of carbonyl (C=O) groups excluding carboxylic acids is 1. The van der Waals surface area contributed by atoms with Crippen LogP contribution in [0, 0.1) is 0 Å². The molecule has 0 bridgehead atoms. The molecule has 0 unspecified atom stereocenters. The molecule has 0 spiro atoms. The first kappa shape index (κ1) is 22.1. The second kappa shape index (κ2) is 11.0. The first-order valence-corrected chi connectivity index (χ1v) is 10.4. The van der Waals surface area contributed by atoms with Gasteiger partial charge in [-0.25, -0.2) is 0 Å². The molecule has 0 aliphatic rings. The fourth-order valence-electron chi connectivity index (χ4n) is 3.02. The highest BCUT2D eigenvalue weighted by molar-refractivity contribution is 5.95. The van der Waals surface area contributed by atoms with E-state index in [0.717, 1.165) is 16.8 Å². The third kappa shape index (κ3) is 5.72. The van der Waals surface area contributed by atoms with E-state index in [1.807, 2.05) is 45.0 Å². The van der Waals surface area contributed by atoms with Crippen LogP contribution in [-0.4, -0.2) is 35.7 Å². The van der Waals surface area contributed by atoms with Crippen molar-refractivity contribution in [3.63, 3.8) is 0 Å². The van der Waals surface area contributed by atoms with E-state index in [2.05, 4.69) is 15.3 Å². The average molecular weight is 421 g/mol. The van der Waals surface area contributed by atoms with E-state index in [4.69, 9.17) is 14.2 Å². The van der Waals surface area contributed by atoms with Gasteiger partial charge in [0.25, 0.3) is 5.91 Å². The van der Waals surface area contributed by atoms with Gasteiger partial charge < -0.3 is 19.5 Å². The van der Waals surface area contributed by atoms with Crippen molar-refractivity contribution in [1.29, 1.82) is 0 Å². The normalized spacial score (nSPS) is 10.4. The minimum atomic E-state index is -0.235. The molecule has 2 heterocycles. The molecule has 0 aliphatic carbocycles. The quantitative estimate of drug-likeness (QED) is 0.526. The molecule has 3 rings (SSSR count). The molecule has 162 valence electrons.